The van der Waals surface area contributed by atoms with Crippen molar-refractivity contribution in [3.05, 3.63) is 87.0 Å². The zero-order valence-corrected chi connectivity index (χ0v) is 18.3. The maximum absolute atomic E-state index is 13.4. The molecule has 0 bridgehead atoms. The number of sulfone groups is 1. The standard InChI is InChI=1S/C22H14Cl2O3S2/c1-29(26,27)15-9-6-13(7-10-15)22-20(14-8-11-17(23)18(24)12-14)21(25)16-4-2-3-5-19(16)28-22/h2-12H,1H3. The third-order valence-corrected chi connectivity index (χ3v) is 7.64. The third-order valence-electron chi connectivity index (χ3n) is 4.55. The Bertz CT molecular complexity index is 1410. The molecule has 0 spiro atoms. The molecule has 7 heteroatoms. The van der Waals surface area contributed by atoms with Gasteiger partial charge in [0.15, 0.2) is 15.3 Å². The molecule has 1 heterocycles. The van der Waals surface area contributed by atoms with Crippen molar-refractivity contribution in [2.75, 3.05) is 6.26 Å². The van der Waals surface area contributed by atoms with Crippen molar-refractivity contribution in [2.45, 2.75) is 4.90 Å². The predicted octanol–water partition coefficient (Wildman–Crippen LogP) is 6.31. The summed E-state index contributed by atoms with van der Waals surface area (Å²) in [6.07, 6.45) is 1.16. The largest absolute Gasteiger partial charge is 0.288 e. The fourth-order valence-corrected chi connectivity index (χ4v) is 5.24. The molecule has 3 nitrogen and oxygen atoms in total. The maximum atomic E-state index is 13.4. The smallest absolute Gasteiger partial charge is 0.196 e. The van der Waals surface area contributed by atoms with E-state index in [-0.39, 0.29) is 10.3 Å². The molecule has 0 radical (unpaired) electrons. The minimum absolute atomic E-state index is 0.111. The van der Waals surface area contributed by atoms with Gasteiger partial charge in [-0.15, -0.1) is 11.3 Å². The van der Waals surface area contributed by atoms with E-state index in [0.717, 1.165) is 21.4 Å². The van der Waals surface area contributed by atoms with Crippen molar-refractivity contribution < 1.29 is 8.42 Å². The normalized spacial score (nSPS) is 11.7. The van der Waals surface area contributed by atoms with Gasteiger partial charge in [-0.25, -0.2) is 8.42 Å². The Balaban J connectivity index is 2.04. The van der Waals surface area contributed by atoms with Gasteiger partial charge in [0.05, 0.1) is 14.9 Å². The Hall–Kier alpha value is -2.18. The van der Waals surface area contributed by atoms with E-state index in [2.05, 4.69) is 0 Å². The van der Waals surface area contributed by atoms with Crippen molar-refractivity contribution in [2.24, 2.45) is 0 Å². The molecule has 4 rings (SSSR count). The number of hydrogen-bond donors (Lipinski definition) is 0. The molecule has 29 heavy (non-hydrogen) atoms. The Morgan fingerprint density at radius 1 is 0.828 bits per heavy atom. The van der Waals surface area contributed by atoms with Gasteiger partial charge in [0, 0.05) is 26.8 Å². The molecule has 0 saturated carbocycles. The van der Waals surface area contributed by atoms with Gasteiger partial charge in [-0.3, -0.25) is 4.79 Å². The molecule has 3 aromatic carbocycles. The quantitative estimate of drug-likeness (QED) is 0.360. The fraction of sp³-hybridized carbons (Fsp3) is 0.0455. The summed E-state index contributed by atoms with van der Waals surface area (Å²) >= 11 is 13.7. The zero-order chi connectivity index (χ0) is 20.8. The van der Waals surface area contributed by atoms with Gasteiger partial charge in [-0.2, -0.15) is 0 Å². The van der Waals surface area contributed by atoms with Crippen LogP contribution < -0.4 is 5.43 Å². The number of fused-ring (bicyclic) bond motifs is 1. The van der Waals surface area contributed by atoms with E-state index in [9.17, 15) is 13.2 Å². The Kier molecular flexibility index (Phi) is 5.25. The molecule has 0 atom stereocenters. The topological polar surface area (TPSA) is 51.2 Å². The first-order chi connectivity index (χ1) is 13.8. The van der Waals surface area contributed by atoms with Crippen molar-refractivity contribution in [3.8, 4) is 21.6 Å². The number of rotatable bonds is 3. The lowest BCUT2D eigenvalue weighted by atomic mass is 10.0. The molecule has 0 fully saturated rings. The first kappa shape index (κ1) is 20.1. The first-order valence-electron chi connectivity index (χ1n) is 8.57. The summed E-state index contributed by atoms with van der Waals surface area (Å²) in [6.45, 7) is 0. The van der Waals surface area contributed by atoms with Gasteiger partial charge in [0.2, 0.25) is 0 Å². The van der Waals surface area contributed by atoms with E-state index in [1.165, 1.54) is 11.3 Å². The summed E-state index contributed by atoms with van der Waals surface area (Å²) in [5.41, 5.74) is 1.82. The summed E-state index contributed by atoms with van der Waals surface area (Å²) in [6, 6.07) is 19.1. The van der Waals surface area contributed by atoms with Crippen LogP contribution in [0.25, 0.3) is 31.7 Å². The molecule has 146 valence electrons. The van der Waals surface area contributed by atoms with Crippen LogP contribution in [0.1, 0.15) is 0 Å². The van der Waals surface area contributed by atoms with Gasteiger partial charge in [-0.05, 0) is 47.5 Å². The van der Waals surface area contributed by atoms with Crippen LogP contribution in [0.4, 0.5) is 0 Å². The second-order valence-corrected chi connectivity index (χ2v) is 10.4. The van der Waals surface area contributed by atoms with Crippen molar-refractivity contribution in [3.63, 3.8) is 0 Å². The van der Waals surface area contributed by atoms with Crippen LogP contribution in [0, 0.1) is 0 Å². The summed E-state index contributed by atoms with van der Waals surface area (Å²) in [5.74, 6) is 0. The van der Waals surface area contributed by atoms with Gasteiger partial charge in [0.25, 0.3) is 0 Å². The van der Waals surface area contributed by atoms with Crippen LogP contribution in [0.15, 0.2) is 76.4 Å². The van der Waals surface area contributed by atoms with Crippen LogP contribution in [0.5, 0.6) is 0 Å². The number of benzene rings is 3. The summed E-state index contributed by atoms with van der Waals surface area (Å²) in [5, 5.41) is 1.39. The highest BCUT2D eigenvalue weighted by Crippen LogP contribution is 2.38. The minimum atomic E-state index is -3.31. The Morgan fingerprint density at radius 3 is 2.14 bits per heavy atom. The van der Waals surface area contributed by atoms with E-state index in [0.29, 0.717) is 26.6 Å². The van der Waals surface area contributed by atoms with Gasteiger partial charge in [-0.1, -0.05) is 53.5 Å². The maximum Gasteiger partial charge on any atom is 0.196 e. The Labute approximate surface area is 182 Å². The van der Waals surface area contributed by atoms with Crippen LogP contribution in [-0.4, -0.2) is 14.7 Å². The summed E-state index contributed by atoms with van der Waals surface area (Å²) in [7, 11) is -3.31. The van der Waals surface area contributed by atoms with E-state index in [1.807, 2.05) is 18.2 Å². The van der Waals surface area contributed by atoms with Gasteiger partial charge >= 0.3 is 0 Å². The molecule has 4 aromatic rings. The average Bonchev–Trinajstić information content (AvgIpc) is 2.70. The second-order valence-electron chi connectivity index (χ2n) is 6.56. The van der Waals surface area contributed by atoms with E-state index in [4.69, 9.17) is 23.2 Å². The summed E-state index contributed by atoms with van der Waals surface area (Å²) in [4.78, 5) is 14.4. The molecule has 0 aliphatic rings. The molecule has 1 aromatic heterocycles. The first-order valence-corrected chi connectivity index (χ1v) is 12.0. The molecule has 0 saturated heterocycles. The molecule has 0 amide bonds. The molecule has 0 aliphatic heterocycles. The SMILES string of the molecule is CS(=O)(=O)c1ccc(-c2sc3ccccc3c(=O)c2-c2ccc(Cl)c(Cl)c2)cc1. The van der Waals surface area contributed by atoms with Crippen molar-refractivity contribution >= 4 is 54.5 Å². The minimum Gasteiger partial charge on any atom is -0.288 e. The third kappa shape index (κ3) is 3.83. The molecule has 0 aliphatic carbocycles. The molecule has 0 N–H and O–H groups in total. The second kappa shape index (κ2) is 7.58. The van der Waals surface area contributed by atoms with Crippen LogP contribution in [0.2, 0.25) is 10.0 Å². The highest BCUT2D eigenvalue weighted by atomic mass is 35.5. The van der Waals surface area contributed by atoms with E-state index < -0.39 is 9.84 Å². The lowest BCUT2D eigenvalue weighted by Crippen LogP contribution is -2.06. The molecule has 0 unspecified atom stereocenters. The molecular weight excluding hydrogens is 447 g/mol. The van der Waals surface area contributed by atoms with Crippen molar-refractivity contribution in [1.29, 1.82) is 0 Å². The van der Waals surface area contributed by atoms with E-state index in [1.54, 1.807) is 48.5 Å². The fourth-order valence-electron chi connectivity index (χ4n) is 3.11. The predicted molar refractivity (Wildman–Crippen MR) is 122 cm³/mol. The highest BCUT2D eigenvalue weighted by Gasteiger charge is 2.17. The van der Waals surface area contributed by atoms with Crippen LogP contribution in [-0.2, 0) is 9.84 Å². The lowest BCUT2D eigenvalue weighted by Gasteiger charge is -2.12. The number of hydrogen-bond acceptors (Lipinski definition) is 4. The van der Waals surface area contributed by atoms with Gasteiger partial charge in [0.1, 0.15) is 0 Å². The monoisotopic (exact) mass is 460 g/mol. The number of halogens is 2. The zero-order valence-electron chi connectivity index (χ0n) is 15.1. The Morgan fingerprint density at radius 2 is 1.48 bits per heavy atom. The molecular formula is C22H14Cl2O3S2. The van der Waals surface area contributed by atoms with Gasteiger partial charge < -0.3 is 0 Å². The lowest BCUT2D eigenvalue weighted by molar-refractivity contribution is 0.602. The van der Waals surface area contributed by atoms with Crippen LogP contribution >= 0.6 is 34.5 Å². The van der Waals surface area contributed by atoms with E-state index >= 15 is 0 Å². The van der Waals surface area contributed by atoms with Crippen LogP contribution in [0.3, 0.4) is 0 Å². The highest BCUT2D eigenvalue weighted by molar-refractivity contribution is 7.90. The summed E-state index contributed by atoms with van der Waals surface area (Å²) < 4.78 is 24.4. The average molecular weight is 461 g/mol. The van der Waals surface area contributed by atoms with Crippen molar-refractivity contribution in [1.82, 2.24) is 0 Å².